The Kier molecular flexibility index (Phi) is 2.84. The minimum atomic E-state index is 0.900. The van der Waals surface area contributed by atoms with E-state index in [2.05, 4.69) is 62.4 Å². The van der Waals surface area contributed by atoms with Crippen LogP contribution in [0.2, 0.25) is 0 Å². The largest absolute Gasteiger partial charge is 0.459 e. The third-order valence-corrected chi connectivity index (χ3v) is 5.01. The van der Waals surface area contributed by atoms with Crippen LogP contribution in [0.3, 0.4) is 0 Å². The van der Waals surface area contributed by atoms with Crippen molar-refractivity contribution in [2.24, 2.45) is 0 Å². The summed E-state index contributed by atoms with van der Waals surface area (Å²) in [4.78, 5) is 0. The molecule has 0 radical (unpaired) electrons. The number of hydrogen-bond acceptors (Lipinski definition) is 2. The van der Waals surface area contributed by atoms with Crippen molar-refractivity contribution in [2.45, 2.75) is 20.8 Å². The number of fused-ring (bicyclic) bond motifs is 6. The van der Waals surface area contributed by atoms with E-state index in [-0.39, 0.29) is 0 Å². The summed E-state index contributed by atoms with van der Waals surface area (Å²) in [6, 6.07) is 16.9. The van der Waals surface area contributed by atoms with E-state index < -0.39 is 0 Å². The average Bonchev–Trinajstić information content (AvgIpc) is 3.19. The van der Waals surface area contributed by atoms with Gasteiger partial charge in [0.15, 0.2) is 5.58 Å². The van der Waals surface area contributed by atoms with E-state index in [9.17, 15) is 0 Å². The summed E-state index contributed by atoms with van der Waals surface area (Å²) in [5, 5.41) is 7.02. The van der Waals surface area contributed by atoms with Gasteiger partial charge in [-0.1, -0.05) is 42.5 Å². The van der Waals surface area contributed by atoms with E-state index in [1.807, 2.05) is 17.6 Å². The first-order chi connectivity index (χ1) is 12.1. The molecule has 0 aliphatic heterocycles. The van der Waals surface area contributed by atoms with Gasteiger partial charge >= 0.3 is 0 Å². The van der Waals surface area contributed by atoms with Crippen LogP contribution >= 0.6 is 0 Å². The second-order valence-corrected chi connectivity index (χ2v) is 6.70. The second-order valence-electron chi connectivity index (χ2n) is 6.70. The lowest BCUT2D eigenvalue weighted by molar-refractivity contribution is 0.581. The fourth-order valence-electron chi connectivity index (χ4n) is 3.95. The lowest BCUT2D eigenvalue weighted by atomic mass is 9.95. The highest BCUT2D eigenvalue weighted by Crippen LogP contribution is 2.38. The van der Waals surface area contributed by atoms with Gasteiger partial charge in [0.05, 0.1) is 11.7 Å². The summed E-state index contributed by atoms with van der Waals surface area (Å²) in [6.07, 6.45) is 1.98. The molecule has 0 aliphatic carbocycles. The van der Waals surface area contributed by atoms with Crippen LogP contribution < -0.4 is 0 Å². The Morgan fingerprint density at radius 2 is 1.60 bits per heavy atom. The number of furan rings is 1. The van der Waals surface area contributed by atoms with Gasteiger partial charge in [-0.05, 0) is 37.5 Å². The number of benzene rings is 2. The van der Waals surface area contributed by atoms with Gasteiger partial charge in [-0.3, -0.25) is 0 Å². The highest BCUT2D eigenvalue weighted by atomic mass is 16.3. The van der Waals surface area contributed by atoms with Crippen molar-refractivity contribution in [1.29, 1.82) is 0 Å². The van der Waals surface area contributed by atoms with E-state index in [0.29, 0.717) is 0 Å². The van der Waals surface area contributed by atoms with Gasteiger partial charge in [-0.15, -0.1) is 0 Å². The van der Waals surface area contributed by atoms with E-state index in [4.69, 9.17) is 9.52 Å². The molecule has 0 saturated carbocycles. The molecular formula is C22H18N2O. The standard InChI is InChI=1S/C22H18N2O/c1-13-7-6-8-14(2)20(13)18-12-23-24-19-11-15(3)25-22(19)17-10-5-4-9-16(17)21(18)24/h4-12H,1-3H3. The lowest BCUT2D eigenvalue weighted by Crippen LogP contribution is -1.92. The molecule has 3 nitrogen and oxygen atoms in total. The smallest absolute Gasteiger partial charge is 0.160 e. The number of hydrogen-bond donors (Lipinski definition) is 0. The molecule has 122 valence electrons. The molecule has 0 fully saturated rings. The summed E-state index contributed by atoms with van der Waals surface area (Å²) in [7, 11) is 0. The topological polar surface area (TPSA) is 30.4 Å². The van der Waals surface area contributed by atoms with E-state index in [1.54, 1.807) is 0 Å². The van der Waals surface area contributed by atoms with Crippen LogP contribution in [0.1, 0.15) is 16.9 Å². The molecule has 0 N–H and O–H groups in total. The highest BCUT2D eigenvalue weighted by molar-refractivity contribution is 6.13. The molecule has 5 aromatic rings. The Balaban J connectivity index is 2.05. The number of aryl methyl sites for hydroxylation is 3. The maximum atomic E-state index is 5.99. The fraction of sp³-hybridized carbons (Fsp3) is 0.136. The van der Waals surface area contributed by atoms with Crippen molar-refractivity contribution in [1.82, 2.24) is 9.61 Å². The molecule has 0 aliphatic rings. The number of aromatic nitrogens is 2. The third-order valence-electron chi connectivity index (χ3n) is 5.01. The zero-order valence-corrected chi connectivity index (χ0v) is 14.5. The van der Waals surface area contributed by atoms with Gasteiger partial charge in [-0.25, -0.2) is 4.52 Å². The molecule has 0 unspecified atom stereocenters. The van der Waals surface area contributed by atoms with Crippen LogP contribution in [0.4, 0.5) is 0 Å². The first kappa shape index (κ1) is 14.3. The molecular weight excluding hydrogens is 308 g/mol. The van der Waals surface area contributed by atoms with Crippen molar-refractivity contribution in [3.63, 3.8) is 0 Å². The molecule has 0 saturated heterocycles. The molecule has 2 aromatic carbocycles. The van der Waals surface area contributed by atoms with Crippen molar-refractivity contribution in [3.8, 4) is 11.1 Å². The molecule has 25 heavy (non-hydrogen) atoms. The Bertz CT molecular complexity index is 1250. The van der Waals surface area contributed by atoms with Crippen molar-refractivity contribution in [2.75, 3.05) is 0 Å². The van der Waals surface area contributed by atoms with Gasteiger partial charge in [0.1, 0.15) is 11.3 Å². The summed E-state index contributed by atoms with van der Waals surface area (Å²) < 4.78 is 8.01. The Morgan fingerprint density at radius 3 is 2.36 bits per heavy atom. The number of pyridine rings is 1. The molecule has 5 rings (SSSR count). The van der Waals surface area contributed by atoms with Crippen LogP contribution in [-0.4, -0.2) is 9.61 Å². The zero-order chi connectivity index (χ0) is 17.1. The highest BCUT2D eigenvalue weighted by Gasteiger charge is 2.18. The number of nitrogens with zero attached hydrogens (tertiary/aromatic N) is 2. The zero-order valence-electron chi connectivity index (χ0n) is 14.5. The Hall–Kier alpha value is -3.07. The predicted octanol–water partition coefficient (Wildman–Crippen LogP) is 5.83. The van der Waals surface area contributed by atoms with Gasteiger partial charge in [0.2, 0.25) is 0 Å². The molecule has 0 amide bonds. The van der Waals surface area contributed by atoms with E-state index in [1.165, 1.54) is 27.6 Å². The monoisotopic (exact) mass is 326 g/mol. The molecule has 0 spiro atoms. The summed E-state index contributed by atoms with van der Waals surface area (Å²) in [5.74, 6) is 0.900. The second kappa shape index (κ2) is 4.96. The first-order valence-electron chi connectivity index (χ1n) is 8.50. The first-order valence-corrected chi connectivity index (χ1v) is 8.50. The third kappa shape index (κ3) is 1.89. The normalized spacial score (nSPS) is 11.8. The molecule has 3 heteroatoms. The van der Waals surface area contributed by atoms with Crippen molar-refractivity contribution >= 4 is 27.4 Å². The SMILES string of the molecule is Cc1cc2c(o1)c1ccccc1c1c(-c3c(C)cccc3C)cnn21. The number of rotatable bonds is 1. The van der Waals surface area contributed by atoms with Crippen LogP contribution in [0, 0.1) is 20.8 Å². The van der Waals surface area contributed by atoms with Crippen LogP contribution in [0.15, 0.2) is 59.1 Å². The molecule has 0 atom stereocenters. The van der Waals surface area contributed by atoms with E-state index >= 15 is 0 Å². The van der Waals surface area contributed by atoms with Gasteiger partial charge in [0.25, 0.3) is 0 Å². The van der Waals surface area contributed by atoms with Gasteiger partial charge in [0, 0.05) is 22.4 Å². The van der Waals surface area contributed by atoms with Crippen molar-refractivity contribution in [3.05, 3.63) is 71.6 Å². The van der Waals surface area contributed by atoms with Crippen LogP contribution in [0.5, 0.6) is 0 Å². The van der Waals surface area contributed by atoms with Gasteiger partial charge in [-0.2, -0.15) is 5.10 Å². The predicted molar refractivity (Wildman–Crippen MR) is 102 cm³/mol. The Morgan fingerprint density at radius 1 is 0.880 bits per heavy atom. The quantitative estimate of drug-likeness (QED) is 0.388. The van der Waals surface area contributed by atoms with Crippen LogP contribution in [0.25, 0.3) is 38.5 Å². The lowest BCUT2D eigenvalue weighted by Gasteiger charge is -2.10. The van der Waals surface area contributed by atoms with Gasteiger partial charge < -0.3 is 4.42 Å². The van der Waals surface area contributed by atoms with E-state index in [0.717, 1.165) is 27.8 Å². The summed E-state index contributed by atoms with van der Waals surface area (Å²) in [5.41, 5.74) is 8.03. The molecule has 0 bridgehead atoms. The summed E-state index contributed by atoms with van der Waals surface area (Å²) in [6.45, 7) is 6.31. The maximum absolute atomic E-state index is 5.99. The average molecular weight is 326 g/mol. The molecule has 3 aromatic heterocycles. The molecule has 3 heterocycles. The minimum absolute atomic E-state index is 0.900. The minimum Gasteiger partial charge on any atom is -0.459 e. The summed E-state index contributed by atoms with van der Waals surface area (Å²) >= 11 is 0. The maximum Gasteiger partial charge on any atom is 0.160 e. The fourth-order valence-corrected chi connectivity index (χ4v) is 3.95. The van der Waals surface area contributed by atoms with Crippen molar-refractivity contribution < 1.29 is 4.42 Å². The Labute approximate surface area is 145 Å². The van der Waals surface area contributed by atoms with Crippen LogP contribution in [-0.2, 0) is 0 Å².